The van der Waals surface area contributed by atoms with E-state index in [0.717, 1.165) is 16.9 Å². The third-order valence-corrected chi connectivity index (χ3v) is 3.12. The number of benzene rings is 2. The Labute approximate surface area is 129 Å². The number of ether oxygens (including phenoxy) is 2. The van der Waals surface area contributed by atoms with E-state index in [2.05, 4.69) is 9.84 Å². The number of hydrogen-bond donors (Lipinski definition) is 1. The van der Waals surface area contributed by atoms with Crippen LogP contribution < -0.4 is 10.6 Å². The monoisotopic (exact) mass is 298 g/mol. The lowest BCUT2D eigenvalue weighted by molar-refractivity contribution is -0.132. The zero-order chi connectivity index (χ0) is 15.8. The fourth-order valence-corrected chi connectivity index (χ4v) is 1.93. The third-order valence-electron chi connectivity index (χ3n) is 3.12. The van der Waals surface area contributed by atoms with Crippen molar-refractivity contribution in [1.29, 1.82) is 0 Å². The highest BCUT2D eigenvalue weighted by Crippen LogP contribution is 2.15. The van der Waals surface area contributed by atoms with Gasteiger partial charge in [0.15, 0.2) is 0 Å². The highest BCUT2D eigenvalue weighted by atomic mass is 16.5. The number of nitrogens with zero attached hydrogens (tertiary/aromatic N) is 1. The maximum atomic E-state index is 11.4. The molecular formula is C17H18N2O3. The first-order valence-corrected chi connectivity index (χ1v) is 6.83. The summed E-state index contributed by atoms with van der Waals surface area (Å²) >= 11 is 0. The fourth-order valence-electron chi connectivity index (χ4n) is 1.93. The highest BCUT2D eigenvalue weighted by molar-refractivity contribution is 6.36. The molecule has 0 bridgehead atoms. The normalized spacial score (nSPS) is 11.0. The van der Waals surface area contributed by atoms with Crippen LogP contribution in [0.5, 0.6) is 5.75 Å². The molecule has 0 aliphatic rings. The zero-order valence-corrected chi connectivity index (χ0v) is 12.4. The summed E-state index contributed by atoms with van der Waals surface area (Å²) in [5.74, 6) is 5.44. The van der Waals surface area contributed by atoms with E-state index in [9.17, 15) is 4.79 Å². The van der Waals surface area contributed by atoms with Crippen molar-refractivity contribution in [1.82, 2.24) is 0 Å². The molecule has 0 aromatic heterocycles. The van der Waals surface area contributed by atoms with Gasteiger partial charge in [0.25, 0.3) is 0 Å². The summed E-state index contributed by atoms with van der Waals surface area (Å²) in [6.45, 7) is 0.512. The molecule has 2 rings (SSSR count). The van der Waals surface area contributed by atoms with Crippen LogP contribution in [-0.2, 0) is 22.6 Å². The van der Waals surface area contributed by atoms with Crippen LogP contribution in [0.3, 0.4) is 0 Å². The first kappa shape index (κ1) is 15.6. The molecule has 0 aliphatic heterocycles. The van der Waals surface area contributed by atoms with Crippen molar-refractivity contribution >= 4 is 11.7 Å². The second-order valence-corrected chi connectivity index (χ2v) is 4.66. The number of carbonyl (C=O) groups is 1. The molecule has 0 saturated carbocycles. The summed E-state index contributed by atoms with van der Waals surface area (Å²) in [6, 6.07) is 17.4. The SMILES string of the molecule is COC(=O)/C(Cc1ccc(OCc2ccccc2)cc1)=N\N. The number of carbonyl (C=O) groups excluding carboxylic acids is 1. The van der Waals surface area contributed by atoms with E-state index in [1.54, 1.807) is 0 Å². The predicted octanol–water partition coefficient (Wildman–Crippen LogP) is 2.30. The Morgan fingerprint density at radius 2 is 1.73 bits per heavy atom. The minimum atomic E-state index is -0.521. The molecule has 0 atom stereocenters. The summed E-state index contributed by atoms with van der Waals surface area (Å²) in [5.41, 5.74) is 2.19. The molecule has 114 valence electrons. The third kappa shape index (κ3) is 4.34. The molecule has 0 radical (unpaired) electrons. The van der Waals surface area contributed by atoms with Crippen LogP contribution in [0, 0.1) is 0 Å². The van der Waals surface area contributed by atoms with Crippen LogP contribution >= 0.6 is 0 Å². The number of rotatable bonds is 6. The molecule has 0 spiro atoms. The van der Waals surface area contributed by atoms with Crippen molar-refractivity contribution in [3.8, 4) is 5.75 Å². The minimum Gasteiger partial charge on any atom is -0.489 e. The molecule has 0 amide bonds. The zero-order valence-electron chi connectivity index (χ0n) is 12.4. The van der Waals surface area contributed by atoms with Gasteiger partial charge < -0.3 is 15.3 Å². The van der Waals surface area contributed by atoms with Crippen LogP contribution in [-0.4, -0.2) is 18.8 Å². The van der Waals surface area contributed by atoms with E-state index in [4.69, 9.17) is 10.6 Å². The second-order valence-electron chi connectivity index (χ2n) is 4.66. The van der Waals surface area contributed by atoms with Crippen molar-refractivity contribution in [3.05, 3.63) is 65.7 Å². The lowest BCUT2D eigenvalue weighted by atomic mass is 10.1. The molecule has 22 heavy (non-hydrogen) atoms. The van der Waals surface area contributed by atoms with Gasteiger partial charge in [-0.25, -0.2) is 4.79 Å². The van der Waals surface area contributed by atoms with Gasteiger partial charge in [-0.15, -0.1) is 0 Å². The van der Waals surface area contributed by atoms with E-state index in [1.165, 1.54) is 7.11 Å². The Morgan fingerprint density at radius 3 is 2.32 bits per heavy atom. The average Bonchev–Trinajstić information content (AvgIpc) is 2.59. The van der Waals surface area contributed by atoms with Gasteiger partial charge >= 0.3 is 5.97 Å². The average molecular weight is 298 g/mol. The Bertz CT molecular complexity index is 637. The Balaban J connectivity index is 1.94. The predicted molar refractivity (Wildman–Crippen MR) is 84.6 cm³/mol. The van der Waals surface area contributed by atoms with Crippen LogP contribution in [0.15, 0.2) is 59.7 Å². The fraction of sp³-hybridized carbons (Fsp3) is 0.176. The van der Waals surface area contributed by atoms with E-state index in [-0.39, 0.29) is 5.71 Å². The molecule has 0 fully saturated rings. The molecule has 2 N–H and O–H groups in total. The van der Waals surface area contributed by atoms with Crippen LogP contribution in [0.1, 0.15) is 11.1 Å². The smallest absolute Gasteiger partial charge is 0.354 e. The van der Waals surface area contributed by atoms with Crippen molar-refractivity contribution in [2.45, 2.75) is 13.0 Å². The van der Waals surface area contributed by atoms with Crippen molar-refractivity contribution < 1.29 is 14.3 Å². The topological polar surface area (TPSA) is 73.9 Å². The Hall–Kier alpha value is -2.82. The van der Waals surface area contributed by atoms with E-state index >= 15 is 0 Å². The van der Waals surface area contributed by atoms with Gasteiger partial charge in [-0.1, -0.05) is 42.5 Å². The number of nitrogens with two attached hydrogens (primary N) is 1. The first-order chi connectivity index (χ1) is 10.7. The molecule has 0 saturated heterocycles. The van der Waals surface area contributed by atoms with Crippen LogP contribution in [0.25, 0.3) is 0 Å². The number of hydrazone groups is 1. The molecule has 0 heterocycles. The van der Waals surface area contributed by atoms with Gasteiger partial charge in [0.05, 0.1) is 7.11 Å². The summed E-state index contributed by atoms with van der Waals surface area (Å²) in [6.07, 6.45) is 0.322. The van der Waals surface area contributed by atoms with Crippen molar-refractivity contribution in [2.75, 3.05) is 7.11 Å². The van der Waals surface area contributed by atoms with E-state index in [1.807, 2.05) is 54.6 Å². The van der Waals surface area contributed by atoms with Crippen LogP contribution in [0.4, 0.5) is 0 Å². The molecule has 2 aromatic carbocycles. The summed E-state index contributed by atoms with van der Waals surface area (Å²) in [4.78, 5) is 11.4. The van der Waals surface area contributed by atoms with Gasteiger partial charge in [0.1, 0.15) is 18.1 Å². The quantitative estimate of drug-likeness (QED) is 0.384. The van der Waals surface area contributed by atoms with Crippen molar-refractivity contribution in [2.24, 2.45) is 10.9 Å². The highest BCUT2D eigenvalue weighted by Gasteiger charge is 2.12. The summed E-state index contributed by atoms with van der Waals surface area (Å²) < 4.78 is 10.3. The van der Waals surface area contributed by atoms with E-state index < -0.39 is 5.97 Å². The maximum absolute atomic E-state index is 11.4. The number of hydrogen-bond acceptors (Lipinski definition) is 5. The Morgan fingerprint density at radius 1 is 1.05 bits per heavy atom. The largest absolute Gasteiger partial charge is 0.489 e. The number of esters is 1. The molecule has 0 aliphatic carbocycles. The molecular weight excluding hydrogens is 280 g/mol. The number of methoxy groups -OCH3 is 1. The lowest BCUT2D eigenvalue weighted by Crippen LogP contribution is -2.20. The van der Waals surface area contributed by atoms with Gasteiger partial charge in [-0.2, -0.15) is 5.10 Å². The Kier molecular flexibility index (Phi) is 5.54. The minimum absolute atomic E-state index is 0.181. The van der Waals surface area contributed by atoms with Gasteiger partial charge in [-0.05, 0) is 23.3 Å². The summed E-state index contributed by atoms with van der Waals surface area (Å²) in [5, 5.41) is 3.46. The summed E-state index contributed by atoms with van der Waals surface area (Å²) in [7, 11) is 1.30. The standard InChI is InChI=1S/C17H18N2O3/c1-21-17(20)16(19-18)11-13-7-9-15(10-8-13)22-12-14-5-3-2-4-6-14/h2-10H,11-12,18H2,1H3/b19-16-. The van der Waals surface area contributed by atoms with Gasteiger partial charge in [0.2, 0.25) is 0 Å². The second kappa shape index (κ2) is 7.83. The van der Waals surface area contributed by atoms with Gasteiger partial charge in [0, 0.05) is 6.42 Å². The van der Waals surface area contributed by atoms with E-state index in [0.29, 0.717) is 13.0 Å². The lowest BCUT2D eigenvalue weighted by Gasteiger charge is -2.08. The van der Waals surface area contributed by atoms with Crippen molar-refractivity contribution in [3.63, 3.8) is 0 Å². The molecule has 5 nitrogen and oxygen atoms in total. The maximum Gasteiger partial charge on any atom is 0.354 e. The van der Waals surface area contributed by atoms with Gasteiger partial charge in [-0.3, -0.25) is 0 Å². The molecule has 2 aromatic rings. The molecule has 0 unspecified atom stereocenters. The molecule has 5 heteroatoms. The first-order valence-electron chi connectivity index (χ1n) is 6.83. The van der Waals surface area contributed by atoms with Crippen LogP contribution in [0.2, 0.25) is 0 Å².